The Labute approximate surface area is 74.0 Å². The van der Waals surface area contributed by atoms with Crippen molar-refractivity contribution in [2.45, 2.75) is 0 Å². The van der Waals surface area contributed by atoms with E-state index in [4.69, 9.17) is 12.2 Å². The van der Waals surface area contributed by atoms with Crippen LogP contribution in [0.3, 0.4) is 0 Å². The summed E-state index contributed by atoms with van der Waals surface area (Å²) in [5.41, 5.74) is 0.317. The lowest BCUT2D eigenvalue weighted by atomic mass is 10.3. The molecule has 0 fully saturated rings. The number of carbonyl (C=O) groups is 1. The molecule has 1 aromatic heterocycles. The van der Waals surface area contributed by atoms with E-state index in [0.29, 0.717) is 10.2 Å². The van der Waals surface area contributed by atoms with Crippen molar-refractivity contribution >= 4 is 31.1 Å². The van der Waals surface area contributed by atoms with Gasteiger partial charge in [0.15, 0.2) is 0 Å². The van der Waals surface area contributed by atoms with Crippen molar-refractivity contribution in [2.75, 3.05) is 0 Å². The van der Waals surface area contributed by atoms with Crippen molar-refractivity contribution in [1.29, 1.82) is 0 Å². The van der Waals surface area contributed by atoms with Crippen LogP contribution in [0.2, 0.25) is 0 Å². The molecule has 0 amide bonds. The number of pyridine rings is 1. The van der Waals surface area contributed by atoms with Gasteiger partial charge in [-0.25, -0.2) is 4.79 Å². The van der Waals surface area contributed by atoms with E-state index in [2.05, 4.69) is 22.1 Å². The summed E-state index contributed by atoms with van der Waals surface area (Å²) >= 11 is 8.17. The zero-order chi connectivity index (χ0) is 8.27. The molecule has 0 saturated carbocycles. The fraction of sp³-hybridized carbons (Fsp3) is 0. The molecule has 0 aliphatic heterocycles. The van der Waals surface area contributed by atoms with E-state index in [9.17, 15) is 4.79 Å². The van der Waals surface area contributed by atoms with Gasteiger partial charge in [-0.2, -0.15) is 0 Å². The second-order valence-electron chi connectivity index (χ2n) is 1.79. The van der Waals surface area contributed by atoms with Crippen LogP contribution in [0.1, 0.15) is 10.4 Å². The molecule has 11 heavy (non-hydrogen) atoms. The molecule has 1 aromatic rings. The third-order valence-electron chi connectivity index (χ3n) is 1.12. The number of H-pyrrole nitrogens is 1. The molecule has 0 atom stereocenters. The predicted molar refractivity (Wildman–Crippen MR) is 46.0 cm³/mol. The van der Waals surface area contributed by atoms with E-state index < -0.39 is 5.97 Å². The highest BCUT2D eigenvalue weighted by Gasteiger charge is 2.05. The van der Waals surface area contributed by atoms with E-state index >= 15 is 0 Å². The maximum absolute atomic E-state index is 10.8. The Balaban J connectivity index is 3.14. The second-order valence-corrected chi connectivity index (χ2v) is 2.38. The zero-order valence-electron chi connectivity index (χ0n) is 5.40. The standard InChI is InChI=1S/C6H5NO2S2/c8-6(9-11)4-2-1-3-7-5(4)10/h1-3,11H,(H,7,10). The highest BCUT2D eigenvalue weighted by Crippen LogP contribution is 2.02. The Bertz CT molecular complexity index is 320. The summed E-state index contributed by atoms with van der Waals surface area (Å²) in [6.45, 7) is 0. The van der Waals surface area contributed by atoms with E-state index in [1.807, 2.05) is 0 Å². The molecule has 58 valence electrons. The van der Waals surface area contributed by atoms with Gasteiger partial charge in [-0.3, -0.25) is 0 Å². The molecule has 0 spiro atoms. The smallest absolute Gasteiger partial charge is 0.352 e. The van der Waals surface area contributed by atoms with Crippen molar-refractivity contribution in [2.24, 2.45) is 0 Å². The van der Waals surface area contributed by atoms with Gasteiger partial charge in [-0.1, -0.05) is 12.2 Å². The monoisotopic (exact) mass is 187 g/mol. The molecular weight excluding hydrogens is 182 g/mol. The number of thiol groups is 1. The Morgan fingerprint density at radius 1 is 1.73 bits per heavy atom. The lowest BCUT2D eigenvalue weighted by Gasteiger charge is -1.95. The maximum atomic E-state index is 10.8. The van der Waals surface area contributed by atoms with E-state index in [1.54, 1.807) is 18.3 Å². The molecular formula is C6H5NO2S2. The molecule has 0 unspecified atom stereocenters. The van der Waals surface area contributed by atoms with Crippen LogP contribution in [0.5, 0.6) is 0 Å². The van der Waals surface area contributed by atoms with Gasteiger partial charge in [-0.05, 0) is 12.1 Å². The molecule has 3 nitrogen and oxygen atoms in total. The number of aromatic amines is 1. The van der Waals surface area contributed by atoms with Crippen LogP contribution in [0.4, 0.5) is 0 Å². The Kier molecular flexibility index (Phi) is 2.67. The van der Waals surface area contributed by atoms with Crippen LogP contribution in [0.25, 0.3) is 0 Å². The van der Waals surface area contributed by atoms with Gasteiger partial charge >= 0.3 is 5.97 Å². The largest absolute Gasteiger partial charge is 0.391 e. The van der Waals surface area contributed by atoms with Gasteiger partial charge in [0.25, 0.3) is 0 Å². The molecule has 1 N–H and O–H groups in total. The van der Waals surface area contributed by atoms with E-state index in [0.717, 1.165) is 0 Å². The first-order chi connectivity index (χ1) is 5.25. The molecule has 0 aliphatic carbocycles. The Morgan fingerprint density at radius 3 is 3.00 bits per heavy atom. The predicted octanol–water partition coefficient (Wildman–Crippen LogP) is 1.75. The average molecular weight is 187 g/mol. The summed E-state index contributed by atoms with van der Waals surface area (Å²) in [4.78, 5) is 13.5. The summed E-state index contributed by atoms with van der Waals surface area (Å²) in [5, 5.41) is 0. The first-order valence-electron chi connectivity index (χ1n) is 2.79. The first-order valence-corrected chi connectivity index (χ1v) is 3.56. The molecule has 0 aliphatic rings. The third kappa shape index (κ3) is 1.81. The van der Waals surface area contributed by atoms with Crippen LogP contribution in [0, 0.1) is 4.64 Å². The van der Waals surface area contributed by atoms with Crippen molar-refractivity contribution in [3.05, 3.63) is 28.5 Å². The van der Waals surface area contributed by atoms with Crippen LogP contribution in [-0.2, 0) is 4.18 Å². The van der Waals surface area contributed by atoms with Crippen molar-refractivity contribution < 1.29 is 8.98 Å². The molecule has 0 bridgehead atoms. The summed E-state index contributed by atoms with van der Waals surface area (Å²) in [7, 11) is 0. The molecule has 0 aromatic carbocycles. The average Bonchev–Trinajstić information content (AvgIpc) is 2.04. The fourth-order valence-electron chi connectivity index (χ4n) is 0.631. The number of rotatable bonds is 1. The Morgan fingerprint density at radius 2 is 2.45 bits per heavy atom. The summed E-state index contributed by atoms with van der Waals surface area (Å²) in [6.07, 6.45) is 1.64. The highest BCUT2D eigenvalue weighted by molar-refractivity contribution is 7.75. The minimum Gasteiger partial charge on any atom is -0.391 e. The second kappa shape index (κ2) is 3.54. The lowest BCUT2D eigenvalue weighted by Crippen LogP contribution is -1.99. The van der Waals surface area contributed by atoms with Gasteiger partial charge in [0.2, 0.25) is 0 Å². The van der Waals surface area contributed by atoms with Gasteiger partial charge in [0.1, 0.15) is 4.64 Å². The van der Waals surface area contributed by atoms with E-state index in [-0.39, 0.29) is 0 Å². The quantitative estimate of drug-likeness (QED) is 0.400. The minimum atomic E-state index is -0.546. The molecule has 0 radical (unpaired) electrons. The van der Waals surface area contributed by atoms with Crippen molar-refractivity contribution in [1.82, 2.24) is 4.98 Å². The minimum absolute atomic E-state index is 0.317. The Hall–Kier alpha value is -0.810. The van der Waals surface area contributed by atoms with Crippen molar-refractivity contribution in [3.63, 3.8) is 0 Å². The normalized spacial score (nSPS) is 9.18. The number of carbonyl (C=O) groups excluding carboxylic acids is 1. The van der Waals surface area contributed by atoms with Gasteiger partial charge in [0, 0.05) is 19.1 Å². The van der Waals surface area contributed by atoms with Crippen LogP contribution >= 0.6 is 25.1 Å². The number of hydrogen-bond acceptors (Lipinski definition) is 4. The van der Waals surface area contributed by atoms with Crippen LogP contribution < -0.4 is 0 Å². The maximum Gasteiger partial charge on any atom is 0.352 e. The molecule has 1 rings (SSSR count). The van der Waals surface area contributed by atoms with Crippen molar-refractivity contribution in [3.8, 4) is 0 Å². The first kappa shape index (κ1) is 8.29. The summed E-state index contributed by atoms with van der Waals surface area (Å²) in [6, 6.07) is 3.23. The van der Waals surface area contributed by atoms with E-state index in [1.165, 1.54) is 0 Å². The highest BCUT2D eigenvalue weighted by atomic mass is 32.1. The fourth-order valence-corrected chi connectivity index (χ4v) is 0.949. The van der Waals surface area contributed by atoms with Gasteiger partial charge < -0.3 is 9.17 Å². The third-order valence-corrected chi connectivity index (χ3v) is 1.62. The van der Waals surface area contributed by atoms with Gasteiger partial charge in [0.05, 0.1) is 5.56 Å². The lowest BCUT2D eigenvalue weighted by molar-refractivity contribution is 0.0771. The molecule has 1 heterocycles. The summed E-state index contributed by atoms with van der Waals surface area (Å²) < 4.78 is 4.54. The number of aromatic nitrogens is 1. The van der Waals surface area contributed by atoms with Crippen LogP contribution in [-0.4, -0.2) is 11.0 Å². The topological polar surface area (TPSA) is 42.1 Å². The SMILES string of the molecule is O=C(OS)c1ccc[nH]c1=S. The zero-order valence-corrected chi connectivity index (χ0v) is 7.11. The molecule has 0 saturated heterocycles. The summed E-state index contributed by atoms with van der Waals surface area (Å²) in [5.74, 6) is -0.546. The molecule has 5 heteroatoms. The van der Waals surface area contributed by atoms with Gasteiger partial charge in [-0.15, -0.1) is 0 Å². The number of nitrogens with one attached hydrogen (secondary N) is 1. The van der Waals surface area contributed by atoms with Crippen LogP contribution in [0.15, 0.2) is 18.3 Å². The number of hydrogen-bond donors (Lipinski definition) is 2.